The third kappa shape index (κ3) is 5.53. The maximum Gasteiger partial charge on any atom is 0.0568 e. The number of anilines is 3. The van der Waals surface area contributed by atoms with Crippen molar-refractivity contribution < 1.29 is 0 Å². The van der Waals surface area contributed by atoms with Crippen LogP contribution in [0, 0.1) is 0 Å². The highest BCUT2D eigenvalue weighted by atomic mass is 15.1. The van der Waals surface area contributed by atoms with Crippen LogP contribution in [0.2, 0.25) is 0 Å². The van der Waals surface area contributed by atoms with Gasteiger partial charge in [0.05, 0.1) is 16.7 Å². The van der Waals surface area contributed by atoms with Crippen LogP contribution in [0.3, 0.4) is 0 Å². The van der Waals surface area contributed by atoms with Crippen molar-refractivity contribution in [3.05, 3.63) is 218 Å². The second-order valence-electron chi connectivity index (χ2n) is 13.8. The lowest BCUT2D eigenvalue weighted by Gasteiger charge is -2.28. The minimum Gasteiger partial charge on any atom is -0.310 e. The summed E-state index contributed by atoms with van der Waals surface area (Å²) in [7, 11) is 0. The molecule has 0 unspecified atom stereocenters. The Morgan fingerprint density at radius 3 is 1.19 bits per heavy atom. The average Bonchev–Trinajstić information content (AvgIpc) is 3.59. The van der Waals surface area contributed by atoms with Crippen molar-refractivity contribution in [3.8, 4) is 39.1 Å². The maximum absolute atomic E-state index is 2.44. The van der Waals surface area contributed by atoms with Gasteiger partial charge in [0.2, 0.25) is 0 Å². The van der Waals surface area contributed by atoms with Crippen LogP contribution in [0.15, 0.2) is 218 Å². The van der Waals surface area contributed by atoms with Gasteiger partial charge in [0.1, 0.15) is 0 Å². The first-order chi connectivity index (χ1) is 26.8. The Bertz CT molecular complexity index is 2790. The lowest BCUT2D eigenvalue weighted by atomic mass is 9.99. The van der Waals surface area contributed by atoms with Crippen LogP contribution in [0.1, 0.15) is 0 Å². The van der Waals surface area contributed by atoms with E-state index in [0.29, 0.717) is 0 Å². The topological polar surface area (TPSA) is 8.17 Å². The van der Waals surface area contributed by atoms with Crippen LogP contribution in [0.5, 0.6) is 0 Å². The molecule has 0 spiro atoms. The molecule has 0 bridgehead atoms. The van der Waals surface area contributed by atoms with Crippen molar-refractivity contribution >= 4 is 49.6 Å². The highest BCUT2D eigenvalue weighted by Gasteiger charge is 2.22. The molecule has 54 heavy (non-hydrogen) atoms. The molecule has 0 amide bonds. The first-order valence-electron chi connectivity index (χ1n) is 18.5. The van der Waals surface area contributed by atoms with E-state index in [0.717, 1.165) is 22.7 Å². The Labute approximate surface area is 315 Å². The Morgan fingerprint density at radius 1 is 0.296 bits per heavy atom. The summed E-state index contributed by atoms with van der Waals surface area (Å²) in [6.07, 6.45) is 0. The summed E-state index contributed by atoms with van der Waals surface area (Å²) in [5.41, 5.74) is 14.0. The second-order valence-corrected chi connectivity index (χ2v) is 13.8. The fourth-order valence-electron chi connectivity index (χ4n) is 8.00. The second kappa shape index (κ2) is 13.4. The van der Waals surface area contributed by atoms with E-state index in [1.807, 2.05) is 0 Å². The standard InChI is InChI=1S/C52H36N2/c1-4-14-37(15-5-1)40-24-30-43(31-25-40)53(44-32-26-41(27-33-44)38-16-6-2-7-17-38)50-36-51-52(47-21-11-10-20-46(47)50)48-22-12-13-23-49(48)54(51)45-34-28-42(29-35-45)39-18-8-3-9-19-39/h1-36H. The van der Waals surface area contributed by atoms with E-state index in [-0.39, 0.29) is 0 Å². The number of hydrogen-bond donors (Lipinski definition) is 0. The Kier molecular flexibility index (Phi) is 7.85. The number of benzene rings is 9. The lowest BCUT2D eigenvalue weighted by Crippen LogP contribution is -2.11. The van der Waals surface area contributed by atoms with E-state index < -0.39 is 0 Å². The van der Waals surface area contributed by atoms with E-state index >= 15 is 0 Å². The molecule has 2 heteroatoms. The van der Waals surface area contributed by atoms with Crippen LogP contribution in [-0.4, -0.2) is 4.57 Å². The molecule has 0 N–H and O–H groups in total. The molecule has 0 saturated carbocycles. The molecule has 9 aromatic carbocycles. The maximum atomic E-state index is 2.44. The number of nitrogens with zero attached hydrogens (tertiary/aromatic N) is 2. The molecule has 1 heterocycles. The predicted octanol–water partition coefficient (Wildman–Crippen LogP) is 14.4. The highest BCUT2D eigenvalue weighted by molar-refractivity contribution is 6.24. The third-order valence-corrected chi connectivity index (χ3v) is 10.6. The number of hydrogen-bond acceptors (Lipinski definition) is 1. The molecule has 1 aromatic heterocycles. The van der Waals surface area contributed by atoms with E-state index in [9.17, 15) is 0 Å². The minimum absolute atomic E-state index is 1.10. The summed E-state index contributed by atoms with van der Waals surface area (Å²) in [5, 5.41) is 4.93. The molecule has 0 radical (unpaired) electrons. The van der Waals surface area contributed by atoms with Gasteiger partial charge in [0, 0.05) is 33.2 Å². The number of fused-ring (bicyclic) bond motifs is 5. The van der Waals surface area contributed by atoms with Crippen LogP contribution >= 0.6 is 0 Å². The normalized spacial score (nSPS) is 11.3. The molecular weight excluding hydrogens is 653 g/mol. The Balaban J connectivity index is 1.21. The van der Waals surface area contributed by atoms with E-state index in [1.54, 1.807) is 0 Å². The number of aromatic nitrogens is 1. The zero-order chi connectivity index (χ0) is 35.8. The van der Waals surface area contributed by atoms with Crippen molar-refractivity contribution in [1.82, 2.24) is 4.57 Å². The molecule has 10 aromatic rings. The number of para-hydroxylation sites is 1. The molecule has 2 nitrogen and oxygen atoms in total. The van der Waals surface area contributed by atoms with Gasteiger partial charge in [-0.1, -0.05) is 170 Å². The zero-order valence-corrected chi connectivity index (χ0v) is 29.7. The lowest BCUT2D eigenvalue weighted by molar-refractivity contribution is 1.18. The summed E-state index contributed by atoms with van der Waals surface area (Å²) in [6, 6.07) is 78.8. The van der Waals surface area contributed by atoms with Crippen LogP contribution in [-0.2, 0) is 0 Å². The minimum atomic E-state index is 1.10. The van der Waals surface area contributed by atoms with Gasteiger partial charge in [0.25, 0.3) is 0 Å². The van der Waals surface area contributed by atoms with E-state index in [1.165, 1.54) is 66.0 Å². The zero-order valence-electron chi connectivity index (χ0n) is 29.7. The van der Waals surface area contributed by atoms with Crippen LogP contribution in [0.25, 0.3) is 71.6 Å². The van der Waals surface area contributed by atoms with Crippen molar-refractivity contribution in [2.45, 2.75) is 0 Å². The molecule has 0 fully saturated rings. The van der Waals surface area contributed by atoms with Gasteiger partial charge in [-0.05, 0) is 87.3 Å². The monoisotopic (exact) mass is 688 g/mol. The Hall–Kier alpha value is -7.16. The SMILES string of the molecule is c1ccc(-c2ccc(N(c3ccc(-c4ccccc4)cc3)c3cc4c(c5ccccc35)c3ccccc3n4-c3ccc(-c4ccccc4)cc3)cc2)cc1. The highest BCUT2D eigenvalue weighted by Crippen LogP contribution is 2.46. The van der Waals surface area contributed by atoms with Crippen molar-refractivity contribution in [3.63, 3.8) is 0 Å². The van der Waals surface area contributed by atoms with Crippen LogP contribution in [0.4, 0.5) is 17.1 Å². The van der Waals surface area contributed by atoms with Gasteiger partial charge in [-0.2, -0.15) is 0 Å². The van der Waals surface area contributed by atoms with E-state index in [2.05, 4.69) is 228 Å². The summed E-state index contributed by atoms with van der Waals surface area (Å²) < 4.78 is 2.44. The Morgan fingerprint density at radius 2 is 0.685 bits per heavy atom. The van der Waals surface area contributed by atoms with Crippen molar-refractivity contribution in [2.24, 2.45) is 0 Å². The van der Waals surface area contributed by atoms with Gasteiger partial charge >= 0.3 is 0 Å². The van der Waals surface area contributed by atoms with Crippen molar-refractivity contribution in [2.75, 3.05) is 4.90 Å². The molecular formula is C52H36N2. The average molecular weight is 689 g/mol. The molecule has 0 saturated heterocycles. The molecule has 0 atom stereocenters. The third-order valence-electron chi connectivity index (χ3n) is 10.6. The largest absolute Gasteiger partial charge is 0.310 e. The van der Waals surface area contributed by atoms with Gasteiger partial charge in [-0.3, -0.25) is 0 Å². The van der Waals surface area contributed by atoms with Gasteiger partial charge in [0.15, 0.2) is 0 Å². The van der Waals surface area contributed by atoms with Crippen molar-refractivity contribution in [1.29, 1.82) is 0 Å². The molecule has 254 valence electrons. The molecule has 10 rings (SSSR count). The van der Waals surface area contributed by atoms with Gasteiger partial charge in [-0.25, -0.2) is 0 Å². The van der Waals surface area contributed by atoms with Gasteiger partial charge < -0.3 is 9.47 Å². The first kappa shape index (κ1) is 31.6. The predicted molar refractivity (Wildman–Crippen MR) is 229 cm³/mol. The van der Waals surface area contributed by atoms with Crippen LogP contribution < -0.4 is 4.90 Å². The summed E-state index contributed by atoms with van der Waals surface area (Å²) in [4.78, 5) is 2.42. The number of rotatable bonds is 7. The quantitative estimate of drug-likeness (QED) is 0.162. The molecule has 0 aliphatic heterocycles. The summed E-state index contributed by atoms with van der Waals surface area (Å²) in [5.74, 6) is 0. The fourth-order valence-corrected chi connectivity index (χ4v) is 8.00. The van der Waals surface area contributed by atoms with Gasteiger partial charge in [-0.15, -0.1) is 0 Å². The smallest absolute Gasteiger partial charge is 0.0568 e. The fraction of sp³-hybridized carbons (Fsp3) is 0. The summed E-state index contributed by atoms with van der Waals surface area (Å²) in [6.45, 7) is 0. The molecule has 0 aliphatic rings. The van der Waals surface area contributed by atoms with E-state index in [4.69, 9.17) is 0 Å². The first-order valence-corrected chi connectivity index (χ1v) is 18.5. The molecule has 0 aliphatic carbocycles. The summed E-state index contributed by atoms with van der Waals surface area (Å²) >= 11 is 0.